The van der Waals surface area contributed by atoms with Crippen molar-refractivity contribution in [2.45, 2.75) is 19.4 Å². The predicted molar refractivity (Wildman–Crippen MR) is 101 cm³/mol. The summed E-state index contributed by atoms with van der Waals surface area (Å²) in [6.07, 6.45) is 5.47. The largest absolute Gasteiger partial charge is 0.454 e. The van der Waals surface area contributed by atoms with Crippen molar-refractivity contribution in [3.05, 3.63) is 35.9 Å². The van der Waals surface area contributed by atoms with Gasteiger partial charge in [0.25, 0.3) is 0 Å². The Labute approximate surface area is 164 Å². The third-order valence-corrected chi connectivity index (χ3v) is 6.25. The van der Waals surface area contributed by atoms with E-state index in [1.54, 1.807) is 0 Å². The second-order valence-electron chi connectivity index (χ2n) is 7.98. The summed E-state index contributed by atoms with van der Waals surface area (Å²) < 4.78 is 10.8. The summed E-state index contributed by atoms with van der Waals surface area (Å²) in [5.41, 5.74) is 1.21. The Balaban J connectivity index is 1.14. The molecule has 2 saturated heterocycles. The lowest BCUT2D eigenvalue weighted by Crippen LogP contribution is -2.51. The van der Waals surface area contributed by atoms with Gasteiger partial charge in [0.05, 0.1) is 18.5 Å². The van der Waals surface area contributed by atoms with Crippen LogP contribution < -0.4 is 9.47 Å². The molecular weight excluding hydrogens is 358 g/mol. The average Bonchev–Trinajstić information content (AvgIpc) is 3.28. The maximum atomic E-state index is 12.6. The average molecular weight is 383 g/mol. The first-order valence-corrected chi connectivity index (χ1v) is 10.0. The fourth-order valence-electron chi connectivity index (χ4n) is 4.59. The Morgan fingerprint density at radius 2 is 1.50 bits per heavy atom. The van der Waals surface area contributed by atoms with Crippen LogP contribution in [-0.4, -0.2) is 66.2 Å². The van der Waals surface area contributed by atoms with Crippen LogP contribution in [0.4, 0.5) is 0 Å². The molecular formula is C21H25N3O4. The number of carbonyl (C=O) groups excluding carboxylic acids is 2. The van der Waals surface area contributed by atoms with Crippen LogP contribution in [-0.2, 0) is 16.1 Å². The van der Waals surface area contributed by atoms with Crippen molar-refractivity contribution in [3.8, 4) is 11.5 Å². The molecule has 0 bridgehead atoms. The van der Waals surface area contributed by atoms with Crippen molar-refractivity contribution in [1.29, 1.82) is 0 Å². The minimum absolute atomic E-state index is 0.0159. The van der Waals surface area contributed by atoms with E-state index in [4.69, 9.17) is 9.47 Å². The zero-order valence-electron chi connectivity index (χ0n) is 15.9. The van der Waals surface area contributed by atoms with Gasteiger partial charge < -0.3 is 9.47 Å². The third kappa shape index (κ3) is 3.18. The van der Waals surface area contributed by atoms with E-state index in [0.29, 0.717) is 26.3 Å². The molecule has 0 radical (unpaired) electrons. The maximum Gasteiger partial charge on any atom is 0.234 e. The topological polar surface area (TPSA) is 62.3 Å². The molecule has 5 rings (SSSR count). The Morgan fingerprint density at radius 1 is 0.857 bits per heavy atom. The molecule has 2 atom stereocenters. The molecule has 148 valence electrons. The highest BCUT2D eigenvalue weighted by atomic mass is 16.7. The second-order valence-corrected chi connectivity index (χ2v) is 7.98. The molecule has 2 fully saturated rings. The number of carbonyl (C=O) groups is 2. The van der Waals surface area contributed by atoms with Crippen LogP contribution in [0.15, 0.2) is 30.4 Å². The Kier molecular flexibility index (Phi) is 4.56. The SMILES string of the molecule is O=C1[C@H]2CC=CC[C@@H]2C(=O)N1CN1CCN(Cc2ccc3c(c2)OCO3)CC1. The van der Waals surface area contributed by atoms with Gasteiger partial charge in [-0.15, -0.1) is 0 Å². The van der Waals surface area contributed by atoms with Crippen molar-refractivity contribution in [2.24, 2.45) is 11.8 Å². The highest BCUT2D eigenvalue weighted by molar-refractivity contribution is 6.05. The number of allylic oxidation sites excluding steroid dienone is 2. The fourth-order valence-corrected chi connectivity index (χ4v) is 4.59. The summed E-state index contributed by atoms with van der Waals surface area (Å²) in [5.74, 6) is 1.39. The summed E-state index contributed by atoms with van der Waals surface area (Å²) in [6, 6.07) is 6.09. The molecule has 7 heteroatoms. The molecule has 28 heavy (non-hydrogen) atoms. The summed E-state index contributed by atoms with van der Waals surface area (Å²) >= 11 is 0. The van der Waals surface area contributed by atoms with E-state index >= 15 is 0 Å². The number of nitrogens with zero attached hydrogens (tertiary/aromatic N) is 3. The molecule has 0 aromatic heterocycles. The monoisotopic (exact) mass is 383 g/mol. The van der Waals surface area contributed by atoms with Gasteiger partial charge in [-0.05, 0) is 30.5 Å². The predicted octanol–water partition coefficient (Wildman–Crippen LogP) is 1.44. The highest BCUT2D eigenvalue weighted by Gasteiger charge is 2.47. The molecule has 0 spiro atoms. The third-order valence-electron chi connectivity index (χ3n) is 6.25. The molecule has 0 unspecified atom stereocenters. The van der Waals surface area contributed by atoms with Gasteiger partial charge in [-0.25, -0.2) is 0 Å². The standard InChI is InChI=1S/C21H25N3O4/c25-20-16-3-1-2-4-17(16)21(26)24(20)13-23-9-7-22(8-10-23)12-15-5-6-18-19(11-15)28-14-27-18/h1-2,5-6,11,16-17H,3-4,7-10,12-14H2/t16-,17-/m0/s1. The lowest BCUT2D eigenvalue weighted by Gasteiger charge is -2.36. The number of benzene rings is 1. The first-order chi connectivity index (χ1) is 13.7. The number of fused-ring (bicyclic) bond motifs is 2. The van der Waals surface area contributed by atoms with E-state index in [2.05, 4.69) is 15.9 Å². The number of rotatable bonds is 4. The van der Waals surface area contributed by atoms with Crippen LogP contribution in [0, 0.1) is 11.8 Å². The minimum Gasteiger partial charge on any atom is -0.454 e. The molecule has 4 aliphatic rings. The molecule has 1 aromatic rings. The van der Waals surface area contributed by atoms with Crippen molar-refractivity contribution in [1.82, 2.24) is 14.7 Å². The smallest absolute Gasteiger partial charge is 0.234 e. The van der Waals surface area contributed by atoms with E-state index in [1.165, 1.54) is 10.5 Å². The van der Waals surface area contributed by atoms with E-state index < -0.39 is 0 Å². The zero-order chi connectivity index (χ0) is 19.1. The molecule has 0 N–H and O–H groups in total. The van der Waals surface area contributed by atoms with Crippen LogP contribution in [0.3, 0.4) is 0 Å². The van der Waals surface area contributed by atoms with Gasteiger partial charge >= 0.3 is 0 Å². The normalized spacial score (nSPS) is 27.5. The van der Waals surface area contributed by atoms with E-state index in [0.717, 1.165) is 44.2 Å². The van der Waals surface area contributed by atoms with Gasteiger partial charge in [0.15, 0.2) is 11.5 Å². The van der Waals surface area contributed by atoms with Crippen molar-refractivity contribution in [3.63, 3.8) is 0 Å². The first kappa shape index (κ1) is 17.7. The molecule has 3 heterocycles. The van der Waals surface area contributed by atoms with Gasteiger partial charge in [-0.2, -0.15) is 0 Å². The number of amides is 2. The first-order valence-electron chi connectivity index (χ1n) is 10.0. The van der Waals surface area contributed by atoms with Crippen LogP contribution in [0.25, 0.3) is 0 Å². The van der Waals surface area contributed by atoms with E-state index in [9.17, 15) is 9.59 Å². The molecule has 0 saturated carbocycles. The van der Waals surface area contributed by atoms with Crippen molar-refractivity contribution >= 4 is 11.8 Å². The number of hydrogen-bond donors (Lipinski definition) is 0. The molecule has 2 amide bonds. The summed E-state index contributed by atoms with van der Waals surface area (Å²) in [7, 11) is 0. The van der Waals surface area contributed by atoms with Crippen LogP contribution in [0.5, 0.6) is 11.5 Å². The Morgan fingerprint density at radius 3 is 2.21 bits per heavy atom. The van der Waals surface area contributed by atoms with Gasteiger partial charge in [-0.1, -0.05) is 18.2 Å². The molecule has 7 nitrogen and oxygen atoms in total. The number of ether oxygens (including phenoxy) is 2. The number of imide groups is 1. The maximum absolute atomic E-state index is 12.6. The van der Waals surface area contributed by atoms with Crippen LogP contribution in [0.1, 0.15) is 18.4 Å². The van der Waals surface area contributed by atoms with Crippen molar-refractivity contribution in [2.75, 3.05) is 39.6 Å². The zero-order valence-corrected chi connectivity index (χ0v) is 15.9. The van der Waals surface area contributed by atoms with Gasteiger partial charge in [0.2, 0.25) is 18.6 Å². The second kappa shape index (κ2) is 7.22. The van der Waals surface area contributed by atoms with E-state index in [-0.39, 0.29) is 23.7 Å². The lowest BCUT2D eigenvalue weighted by atomic mass is 9.85. The van der Waals surface area contributed by atoms with Gasteiger partial charge in [-0.3, -0.25) is 24.3 Å². The lowest BCUT2D eigenvalue weighted by molar-refractivity contribution is -0.142. The van der Waals surface area contributed by atoms with Crippen LogP contribution in [0.2, 0.25) is 0 Å². The Hall–Kier alpha value is -2.38. The Bertz CT molecular complexity index is 790. The van der Waals surface area contributed by atoms with Gasteiger partial charge in [0.1, 0.15) is 0 Å². The number of hydrogen-bond acceptors (Lipinski definition) is 6. The number of piperazine rings is 1. The summed E-state index contributed by atoms with van der Waals surface area (Å²) in [5, 5.41) is 0. The molecule has 1 aromatic carbocycles. The molecule has 1 aliphatic carbocycles. The van der Waals surface area contributed by atoms with Crippen LogP contribution >= 0.6 is 0 Å². The summed E-state index contributed by atoms with van der Waals surface area (Å²) in [6.45, 7) is 5.14. The minimum atomic E-state index is -0.134. The quantitative estimate of drug-likeness (QED) is 0.579. The fraction of sp³-hybridized carbons (Fsp3) is 0.524. The summed E-state index contributed by atoms with van der Waals surface area (Å²) in [4.78, 5) is 31.4. The van der Waals surface area contributed by atoms with Crippen molar-refractivity contribution < 1.29 is 19.1 Å². The highest BCUT2D eigenvalue weighted by Crippen LogP contribution is 2.35. The van der Waals surface area contributed by atoms with E-state index in [1.807, 2.05) is 24.3 Å². The van der Waals surface area contributed by atoms with Gasteiger partial charge in [0, 0.05) is 32.7 Å². The molecule has 3 aliphatic heterocycles. The number of likely N-dealkylation sites (tertiary alicyclic amines) is 1.